The molecular weight excluding hydrogens is 334 g/mol. The number of aromatic amines is 1. The molecule has 2 aromatic carbocycles. The topological polar surface area (TPSA) is 61.7 Å². The summed E-state index contributed by atoms with van der Waals surface area (Å²) in [6, 6.07) is 22.0. The van der Waals surface area contributed by atoms with E-state index < -0.39 is 0 Å². The van der Waals surface area contributed by atoms with Gasteiger partial charge >= 0.3 is 0 Å². The van der Waals surface area contributed by atoms with Crippen LogP contribution in [0.1, 0.15) is 16.7 Å². The van der Waals surface area contributed by atoms with E-state index in [4.69, 9.17) is 4.74 Å². The predicted molar refractivity (Wildman–Crippen MR) is 107 cm³/mol. The molecule has 0 amide bonds. The quantitative estimate of drug-likeness (QED) is 0.502. The molecule has 1 N–H and O–H groups in total. The fourth-order valence-corrected chi connectivity index (χ4v) is 2.95. The van der Waals surface area contributed by atoms with Gasteiger partial charge in [0.25, 0.3) is 0 Å². The minimum Gasteiger partial charge on any atom is -0.489 e. The molecule has 0 aliphatic carbocycles. The van der Waals surface area contributed by atoms with Crippen LogP contribution < -0.4 is 4.74 Å². The number of nitriles is 1. The Hall–Kier alpha value is -3.84. The van der Waals surface area contributed by atoms with Crippen molar-refractivity contribution in [3.63, 3.8) is 0 Å². The van der Waals surface area contributed by atoms with Gasteiger partial charge in [0.15, 0.2) is 0 Å². The van der Waals surface area contributed by atoms with Crippen molar-refractivity contribution in [1.29, 1.82) is 5.26 Å². The highest BCUT2D eigenvalue weighted by molar-refractivity contribution is 6.01. The van der Waals surface area contributed by atoms with E-state index in [1.807, 2.05) is 72.9 Å². The van der Waals surface area contributed by atoms with Gasteiger partial charge in [0.05, 0.1) is 11.6 Å². The minimum absolute atomic E-state index is 0.503. The summed E-state index contributed by atoms with van der Waals surface area (Å²) in [5.74, 6) is 0.769. The predicted octanol–water partition coefficient (Wildman–Crippen LogP) is 5.21. The van der Waals surface area contributed by atoms with Gasteiger partial charge in [-0.3, -0.25) is 4.98 Å². The summed E-state index contributed by atoms with van der Waals surface area (Å²) in [6.07, 6.45) is 7.15. The van der Waals surface area contributed by atoms with Crippen LogP contribution in [-0.2, 0) is 6.61 Å². The first-order valence-corrected chi connectivity index (χ1v) is 8.63. The molecule has 2 heterocycles. The zero-order valence-corrected chi connectivity index (χ0v) is 14.6. The summed E-state index contributed by atoms with van der Waals surface area (Å²) >= 11 is 0. The average Bonchev–Trinajstić information content (AvgIpc) is 3.15. The third kappa shape index (κ3) is 3.73. The first-order valence-electron chi connectivity index (χ1n) is 8.63. The van der Waals surface area contributed by atoms with Crippen molar-refractivity contribution in [2.45, 2.75) is 6.61 Å². The summed E-state index contributed by atoms with van der Waals surface area (Å²) in [4.78, 5) is 7.33. The molecule has 4 rings (SSSR count). The molecule has 0 atom stereocenters. The fourth-order valence-electron chi connectivity index (χ4n) is 2.95. The molecule has 2 aromatic heterocycles. The molecule has 4 nitrogen and oxygen atoms in total. The van der Waals surface area contributed by atoms with Crippen LogP contribution in [0.5, 0.6) is 5.75 Å². The maximum atomic E-state index is 9.66. The molecule has 0 aliphatic heterocycles. The highest BCUT2D eigenvalue weighted by Crippen LogP contribution is 2.29. The lowest BCUT2D eigenvalue weighted by Gasteiger charge is -2.07. The van der Waals surface area contributed by atoms with E-state index in [0.717, 1.165) is 33.3 Å². The summed E-state index contributed by atoms with van der Waals surface area (Å²) in [7, 11) is 0. The number of hydrogen-bond acceptors (Lipinski definition) is 3. The summed E-state index contributed by atoms with van der Waals surface area (Å²) in [5.41, 5.74) is 4.39. The van der Waals surface area contributed by atoms with Crippen LogP contribution >= 0.6 is 0 Å². The largest absolute Gasteiger partial charge is 0.489 e. The number of H-pyrrole nitrogens is 1. The second kappa shape index (κ2) is 7.59. The highest BCUT2D eigenvalue weighted by Gasteiger charge is 2.10. The third-order valence-electron chi connectivity index (χ3n) is 4.31. The lowest BCUT2D eigenvalue weighted by molar-refractivity contribution is 0.306. The van der Waals surface area contributed by atoms with Gasteiger partial charge in [-0.2, -0.15) is 5.26 Å². The van der Waals surface area contributed by atoms with E-state index in [1.54, 1.807) is 12.4 Å². The highest BCUT2D eigenvalue weighted by atomic mass is 16.5. The third-order valence-corrected chi connectivity index (χ3v) is 4.31. The van der Waals surface area contributed by atoms with Crippen molar-refractivity contribution < 1.29 is 4.74 Å². The standard InChI is InChI=1S/C23H17N3O/c24-13-19(11-18-7-4-10-25-14-18)22-15-26-23-9-8-20(12-21(22)23)27-16-17-5-2-1-3-6-17/h1-12,14-15,26H,16H2/b19-11+. The Bertz CT molecular complexity index is 1120. The molecule has 0 radical (unpaired) electrons. The number of nitrogens with zero attached hydrogens (tertiary/aromatic N) is 2. The molecule has 4 aromatic rings. The summed E-state index contributed by atoms with van der Waals surface area (Å²) in [5, 5.41) is 10.6. The van der Waals surface area contributed by atoms with Gasteiger partial charge in [-0.25, -0.2) is 0 Å². The van der Waals surface area contributed by atoms with Crippen molar-refractivity contribution in [2.24, 2.45) is 0 Å². The zero-order chi connectivity index (χ0) is 18.5. The van der Waals surface area contributed by atoms with Crippen LogP contribution in [0.25, 0.3) is 22.6 Å². The zero-order valence-electron chi connectivity index (χ0n) is 14.6. The van der Waals surface area contributed by atoms with Crippen LogP contribution in [-0.4, -0.2) is 9.97 Å². The lowest BCUT2D eigenvalue weighted by Crippen LogP contribution is -1.94. The Balaban J connectivity index is 1.65. The van der Waals surface area contributed by atoms with Crippen molar-refractivity contribution >= 4 is 22.6 Å². The van der Waals surface area contributed by atoms with Crippen LogP contribution in [0.2, 0.25) is 0 Å². The van der Waals surface area contributed by atoms with Gasteiger partial charge in [-0.1, -0.05) is 36.4 Å². The monoisotopic (exact) mass is 351 g/mol. The molecule has 0 aliphatic rings. The minimum atomic E-state index is 0.503. The number of fused-ring (bicyclic) bond motifs is 1. The second-order valence-corrected chi connectivity index (χ2v) is 6.14. The molecule has 27 heavy (non-hydrogen) atoms. The molecule has 0 fully saturated rings. The molecule has 130 valence electrons. The fraction of sp³-hybridized carbons (Fsp3) is 0.0435. The first kappa shape index (κ1) is 16.6. The number of rotatable bonds is 5. The van der Waals surface area contributed by atoms with Crippen molar-refractivity contribution in [3.05, 3.63) is 95.9 Å². The summed E-state index contributed by atoms with van der Waals surface area (Å²) < 4.78 is 5.93. The van der Waals surface area contributed by atoms with Crippen molar-refractivity contribution in [2.75, 3.05) is 0 Å². The smallest absolute Gasteiger partial charge is 0.120 e. The Morgan fingerprint density at radius 2 is 2.00 bits per heavy atom. The number of nitrogens with one attached hydrogen (secondary N) is 1. The lowest BCUT2D eigenvalue weighted by atomic mass is 10.0. The molecule has 4 heteroatoms. The number of pyridine rings is 1. The molecule has 0 bridgehead atoms. The van der Waals surface area contributed by atoms with Gasteiger partial charge in [0.2, 0.25) is 0 Å². The molecule has 0 saturated heterocycles. The maximum Gasteiger partial charge on any atom is 0.120 e. The first-order chi connectivity index (χ1) is 13.3. The number of benzene rings is 2. The maximum absolute atomic E-state index is 9.66. The molecule has 0 unspecified atom stereocenters. The SMILES string of the molecule is N#C/C(=C\c1cccnc1)c1c[nH]c2ccc(OCc3ccccc3)cc12. The number of allylic oxidation sites excluding steroid dienone is 1. The number of ether oxygens (including phenoxy) is 1. The van der Waals surface area contributed by atoms with E-state index in [-0.39, 0.29) is 0 Å². The van der Waals surface area contributed by atoms with Crippen LogP contribution in [0.15, 0.2) is 79.3 Å². The van der Waals surface area contributed by atoms with E-state index in [1.165, 1.54) is 0 Å². The van der Waals surface area contributed by atoms with E-state index in [2.05, 4.69) is 16.0 Å². The molecule has 0 saturated carbocycles. The van der Waals surface area contributed by atoms with Crippen molar-refractivity contribution in [3.8, 4) is 11.8 Å². The van der Waals surface area contributed by atoms with E-state index in [0.29, 0.717) is 12.2 Å². The van der Waals surface area contributed by atoms with E-state index >= 15 is 0 Å². The van der Waals surface area contributed by atoms with Gasteiger partial charge in [-0.15, -0.1) is 0 Å². The van der Waals surface area contributed by atoms with Crippen molar-refractivity contribution in [1.82, 2.24) is 9.97 Å². The molecule has 0 spiro atoms. The van der Waals surface area contributed by atoms with Crippen LogP contribution in [0.3, 0.4) is 0 Å². The second-order valence-electron chi connectivity index (χ2n) is 6.14. The average molecular weight is 351 g/mol. The number of aromatic nitrogens is 2. The van der Waals surface area contributed by atoms with Gasteiger partial charge in [0.1, 0.15) is 12.4 Å². The van der Waals surface area contributed by atoms with Crippen LogP contribution in [0.4, 0.5) is 0 Å². The Morgan fingerprint density at radius 3 is 2.78 bits per heavy atom. The van der Waals surface area contributed by atoms with Gasteiger partial charge in [-0.05, 0) is 41.5 Å². The Morgan fingerprint density at radius 1 is 1.11 bits per heavy atom. The Kier molecular flexibility index (Phi) is 4.67. The normalized spacial score (nSPS) is 11.3. The van der Waals surface area contributed by atoms with Gasteiger partial charge in [0, 0.05) is 35.1 Å². The number of hydrogen-bond donors (Lipinski definition) is 1. The van der Waals surface area contributed by atoms with Crippen LogP contribution in [0, 0.1) is 11.3 Å². The van der Waals surface area contributed by atoms with E-state index in [9.17, 15) is 5.26 Å². The van der Waals surface area contributed by atoms with Gasteiger partial charge < -0.3 is 9.72 Å². The summed E-state index contributed by atoms with van der Waals surface area (Å²) in [6.45, 7) is 0.503. The Labute approximate surface area is 157 Å². The molecular formula is C23H17N3O.